The Hall–Kier alpha value is -1.22. The summed E-state index contributed by atoms with van der Waals surface area (Å²) in [5.74, 6) is 0.505. The lowest BCUT2D eigenvalue weighted by molar-refractivity contribution is 0.244. The lowest BCUT2D eigenvalue weighted by atomic mass is 9.64. The zero-order valence-corrected chi connectivity index (χ0v) is 10.8. The highest BCUT2D eigenvalue weighted by molar-refractivity contribution is 6.30. The summed E-state index contributed by atoms with van der Waals surface area (Å²) in [4.78, 5) is 3.92. The monoisotopic (exact) mass is 251 g/mol. The minimum absolute atomic E-state index is 0.208. The van der Waals surface area contributed by atoms with Crippen molar-refractivity contribution in [1.82, 2.24) is 5.32 Å². The number of halogens is 1. The number of hydrogen-bond donors (Lipinski definition) is 2. The standard InChI is InChI=1S/C13H18ClN3/c1-16-12(15)17-9-13(7-2-8-13)10-3-5-11(14)6-4-10/h3-6H,2,7-9H2,1H3,(H3,15,16,17). The van der Waals surface area contributed by atoms with E-state index in [1.807, 2.05) is 12.1 Å². The van der Waals surface area contributed by atoms with Gasteiger partial charge in [-0.3, -0.25) is 4.99 Å². The molecule has 1 aliphatic rings. The van der Waals surface area contributed by atoms with Crippen LogP contribution in [0.5, 0.6) is 0 Å². The third kappa shape index (κ3) is 2.55. The lowest BCUT2D eigenvalue weighted by Crippen LogP contribution is -2.47. The summed E-state index contributed by atoms with van der Waals surface area (Å²) in [7, 11) is 1.69. The SMILES string of the molecule is CN=C(N)NCC1(c2ccc(Cl)cc2)CCC1. The van der Waals surface area contributed by atoms with E-state index in [1.54, 1.807) is 7.05 Å². The van der Waals surface area contributed by atoms with E-state index < -0.39 is 0 Å². The molecule has 0 saturated heterocycles. The van der Waals surface area contributed by atoms with Gasteiger partial charge in [0.05, 0.1) is 0 Å². The topological polar surface area (TPSA) is 50.4 Å². The molecule has 3 N–H and O–H groups in total. The molecule has 0 spiro atoms. The number of aliphatic imine (C=N–C) groups is 1. The molecule has 1 fully saturated rings. The molecule has 0 aliphatic heterocycles. The molecule has 0 radical (unpaired) electrons. The van der Waals surface area contributed by atoms with Crippen LogP contribution in [0.15, 0.2) is 29.3 Å². The van der Waals surface area contributed by atoms with Gasteiger partial charge in [-0.1, -0.05) is 30.2 Å². The molecule has 4 heteroatoms. The van der Waals surface area contributed by atoms with Crippen LogP contribution in [-0.2, 0) is 5.41 Å². The van der Waals surface area contributed by atoms with Gasteiger partial charge in [-0.2, -0.15) is 0 Å². The predicted molar refractivity (Wildman–Crippen MR) is 72.5 cm³/mol. The predicted octanol–water partition coefficient (Wildman–Crippen LogP) is 2.30. The molecule has 0 heterocycles. The van der Waals surface area contributed by atoms with Crippen LogP contribution in [0.4, 0.5) is 0 Å². The lowest BCUT2D eigenvalue weighted by Gasteiger charge is -2.42. The van der Waals surface area contributed by atoms with E-state index in [0.29, 0.717) is 5.96 Å². The van der Waals surface area contributed by atoms with Crippen molar-refractivity contribution in [2.45, 2.75) is 24.7 Å². The van der Waals surface area contributed by atoms with Crippen molar-refractivity contribution in [2.75, 3.05) is 13.6 Å². The van der Waals surface area contributed by atoms with E-state index >= 15 is 0 Å². The Kier molecular flexibility index (Phi) is 3.57. The Balaban J connectivity index is 2.11. The zero-order chi connectivity index (χ0) is 12.3. The Morgan fingerprint density at radius 3 is 2.53 bits per heavy atom. The summed E-state index contributed by atoms with van der Waals surface area (Å²) in [6.07, 6.45) is 3.66. The van der Waals surface area contributed by atoms with Crippen LogP contribution in [0, 0.1) is 0 Å². The van der Waals surface area contributed by atoms with Crippen molar-refractivity contribution < 1.29 is 0 Å². The number of benzene rings is 1. The molecule has 2 rings (SSSR count). The first-order valence-corrected chi connectivity index (χ1v) is 6.26. The fraction of sp³-hybridized carbons (Fsp3) is 0.462. The molecule has 3 nitrogen and oxygen atoms in total. The summed E-state index contributed by atoms with van der Waals surface area (Å²) in [6, 6.07) is 8.13. The Morgan fingerprint density at radius 1 is 1.41 bits per heavy atom. The van der Waals surface area contributed by atoms with Gasteiger partial charge in [0.1, 0.15) is 0 Å². The van der Waals surface area contributed by atoms with Crippen LogP contribution >= 0.6 is 11.6 Å². The Labute approximate surface area is 107 Å². The third-order valence-electron chi connectivity index (χ3n) is 3.62. The summed E-state index contributed by atoms with van der Waals surface area (Å²) in [5, 5.41) is 3.97. The number of nitrogens with one attached hydrogen (secondary N) is 1. The average molecular weight is 252 g/mol. The molecule has 1 saturated carbocycles. The van der Waals surface area contributed by atoms with E-state index in [-0.39, 0.29) is 5.41 Å². The largest absolute Gasteiger partial charge is 0.370 e. The van der Waals surface area contributed by atoms with Crippen molar-refractivity contribution in [3.8, 4) is 0 Å². The number of hydrogen-bond acceptors (Lipinski definition) is 1. The van der Waals surface area contributed by atoms with Gasteiger partial charge in [-0.15, -0.1) is 0 Å². The van der Waals surface area contributed by atoms with E-state index in [1.165, 1.54) is 24.8 Å². The molecule has 0 aromatic heterocycles. The second-order valence-electron chi connectivity index (χ2n) is 4.60. The van der Waals surface area contributed by atoms with E-state index in [9.17, 15) is 0 Å². The molecule has 0 atom stereocenters. The summed E-state index contributed by atoms with van der Waals surface area (Å²) in [5.41, 5.74) is 7.22. The van der Waals surface area contributed by atoms with Gasteiger partial charge < -0.3 is 11.1 Å². The smallest absolute Gasteiger partial charge is 0.188 e. The number of nitrogens with zero attached hydrogens (tertiary/aromatic N) is 1. The van der Waals surface area contributed by atoms with Crippen LogP contribution < -0.4 is 11.1 Å². The van der Waals surface area contributed by atoms with Gasteiger partial charge in [0.25, 0.3) is 0 Å². The highest BCUT2D eigenvalue weighted by Crippen LogP contribution is 2.43. The summed E-state index contributed by atoms with van der Waals surface area (Å²) in [6.45, 7) is 0.845. The van der Waals surface area contributed by atoms with Crippen molar-refractivity contribution >= 4 is 17.6 Å². The van der Waals surface area contributed by atoms with Crippen LogP contribution in [0.1, 0.15) is 24.8 Å². The summed E-state index contributed by atoms with van der Waals surface area (Å²) < 4.78 is 0. The van der Waals surface area contributed by atoms with E-state index in [2.05, 4.69) is 22.4 Å². The molecular formula is C13H18ClN3. The molecule has 0 bridgehead atoms. The maximum Gasteiger partial charge on any atom is 0.188 e. The highest BCUT2D eigenvalue weighted by atomic mass is 35.5. The minimum atomic E-state index is 0.208. The first-order valence-electron chi connectivity index (χ1n) is 5.88. The van der Waals surface area contributed by atoms with Gasteiger partial charge in [0.2, 0.25) is 0 Å². The van der Waals surface area contributed by atoms with Gasteiger partial charge in [0, 0.05) is 24.0 Å². The fourth-order valence-corrected chi connectivity index (χ4v) is 2.44. The van der Waals surface area contributed by atoms with Gasteiger partial charge >= 0.3 is 0 Å². The summed E-state index contributed by atoms with van der Waals surface area (Å²) >= 11 is 5.92. The quantitative estimate of drug-likeness (QED) is 0.640. The van der Waals surface area contributed by atoms with Crippen LogP contribution in [-0.4, -0.2) is 19.6 Å². The fourth-order valence-electron chi connectivity index (χ4n) is 2.31. The van der Waals surface area contributed by atoms with E-state index in [4.69, 9.17) is 17.3 Å². The normalized spacial score (nSPS) is 18.6. The Morgan fingerprint density at radius 2 is 2.06 bits per heavy atom. The molecule has 1 aromatic rings. The number of rotatable bonds is 3. The maximum absolute atomic E-state index is 5.92. The minimum Gasteiger partial charge on any atom is -0.370 e. The van der Waals surface area contributed by atoms with Gasteiger partial charge in [-0.05, 0) is 30.5 Å². The maximum atomic E-state index is 5.92. The van der Waals surface area contributed by atoms with Crippen molar-refractivity contribution in [1.29, 1.82) is 0 Å². The highest BCUT2D eigenvalue weighted by Gasteiger charge is 2.38. The molecule has 17 heavy (non-hydrogen) atoms. The first-order chi connectivity index (χ1) is 8.16. The molecule has 0 amide bonds. The van der Waals surface area contributed by atoms with Crippen molar-refractivity contribution in [3.63, 3.8) is 0 Å². The van der Waals surface area contributed by atoms with Crippen molar-refractivity contribution in [2.24, 2.45) is 10.7 Å². The zero-order valence-electron chi connectivity index (χ0n) is 10.0. The molecule has 1 aliphatic carbocycles. The molecule has 1 aromatic carbocycles. The Bertz CT molecular complexity index is 407. The second kappa shape index (κ2) is 4.96. The number of nitrogens with two attached hydrogens (primary N) is 1. The van der Waals surface area contributed by atoms with Crippen molar-refractivity contribution in [3.05, 3.63) is 34.9 Å². The van der Waals surface area contributed by atoms with Crippen LogP contribution in [0.25, 0.3) is 0 Å². The number of guanidine groups is 1. The van der Waals surface area contributed by atoms with E-state index in [0.717, 1.165) is 11.6 Å². The first kappa shape index (κ1) is 12.2. The van der Waals surface area contributed by atoms with Crippen LogP contribution in [0.2, 0.25) is 5.02 Å². The second-order valence-corrected chi connectivity index (χ2v) is 5.04. The molecule has 0 unspecified atom stereocenters. The third-order valence-corrected chi connectivity index (χ3v) is 3.87. The van der Waals surface area contributed by atoms with Crippen LogP contribution in [0.3, 0.4) is 0 Å². The van der Waals surface area contributed by atoms with Gasteiger partial charge in [-0.25, -0.2) is 0 Å². The van der Waals surface area contributed by atoms with Gasteiger partial charge in [0.15, 0.2) is 5.96 Å². The molecule has 92 valence electrons. The average Bonchev–Trinajstić information content (AvgIpc) is 2.29. The molecular weight excluding hydrogens is 234 g/mol.